The molecule has 0 unspecified atom stereocenters. The molecular formula is C29H10. The third-order valence-corrected chi connectivity index (χ3v) is 1.46. The normalized spacial score (nSPS) is 4.00. The first-order valence-corrected chi connectivity index (χ1v) is 7.74. The van der Waals surface area contributed by atoms with Gasteiger partial charge in [-0.2, -0.15) is 0 Å². The van der Waals surface area contributed by atoms with Crippen molar-refractivity contribution in [3.05, 3.63) is 0 Å². The van der Waals surface area contributed by atoms with E-state index in [2.05, 4.69) is 156 Å². The van der Waals surface area contributed by atoms with Crippen LogP contribution in [0.1, 0.15) is 20.3 Å². The van der Waals surface area contributed by atoms with E-state index in [9.17, 15) is 0 Å². The Morgan fingerprint density at radius 1 is 0.310 bits per heavy atom. The molecule has 0 aliphatic carbocycles. The molecule has 0 bridgehead atoms. The van der Waals surface area contributed by atoms with Gasteiger partial charge in [0.1, 0.15) is 0 Å². The molecule has 0 amide bonds. The third-order valence-electron chi connectivity index (χ3n) is 1.46. The quantitative estimate of drug-likeness (QED) is 0.579. The van der Waals surface area contributed by atoms with E-state index in [0.717, 1.165) is 0 Å². The molecule has 29 heavy (non-hydrogen) atoms. The molecule has 0 heteroatoms. The average molecular weight is 358 g/mol. The monoisotopic (exact) mass is 358 g/mol. The summed E-state index contributed by atoms with van der Waals surface area (Å²) in [5, 5.41) is 0. The maximum Gasteiger partial charge on any atom is 0 e. The van der Waals surface area contributed by atoms with Crippen LogP contribution in [0.3, 0.4) is 0 Å². The molecule has 0 N–H and O–H groups in total. The van der Waals surface area contributed by atoms with Gasteiger partial charge in [0.15, 0.2) is 0 Å². The minimum atomic E-state index is 1.25. The van der Waals surface area contributed by atoms with Gasteiger partial charge in [-0.15, -0.1) is 12.8 Å². The molecule has 0 aromatic rings. The van der Waals surface area contributed by atoms with Crippen molar-refractivity contribution in [3.8, 4) is 155 Å². The Labute approximate surface area is 175 Å². The molecule has 0 atom stereocenters. The summed E-state index contributed by atoms with van der Waals surface area (Å²) in [6.45, 7) is 4.25. The van der Waals surface area contributed by atoms with Crippen LogP contribution in [0.25, 0.3) is 0 Å². The van der Waals surface area contributed by atoms with Crippen molar-refractivity contribution < 1.29 is 0 Å². The Kier molecular flexibility index (Phi) is 23.9. The first-order chi connectivity index (χ1) is 14.3. The lowest BCUT2D eigenvalue weighted by molar-refractivity contribution is 1.09. The van der Waals surface area contributed by atoms with Gasteiger partial charge in [-0.3, -0.25) is 0 Å². The molecule has 0 spiro atoms. The van der Waals surface area contributed by atoms with E-state index in [1.807, 2.05) is 0 Å². The lowest BCUT2D eigenvalue weighted by Gasteiger charge is -1.57. The summed E-state index contributed by atoms with van der Waals surface area (Å²) < 4.78 is 0. The van der Waals surface area contributed by atoms with Gasteiger partial charge in [-0.25, -0.2) is 0 Å². The second kappa shape index (κ2) is 27.1. The standard InChI is InChI=1S/C26H2.C3H8/c1-3-5-7-9-11-13-15-17-19-21-23-25-26-24-22-20-18-16-14-12-10-8-6-4-2;1-3-2/h1-2H;3H2,1-2H3. The molecular weight excluding hydrogens is 348 g/mol. The van der Waals surface area contributed by atoms with Gasteiger partial charge in [0.25, 0.3) is 0 Å². The SMILES string of the molecule is C#CC#CC#CC#CC#CC#CC#CC#CC#CC#CC#CC#CC#C.CCC. The number of rotatable bonds is 0. The van der Waals surface area contributed by atoms with Crippen LogP contribution in [0.2, 0.25) is 0 Å². The molecule has 0 heterocycles. The van der Waals surface area contributed by atoms with Crippen molar-refractivity contribution in [2.45, 2.75) is 20.3 Å². The van der Waals surface area contributed by atoms with Crippen LogP contribution in [0.4, 0.5) is 0 Å². The molecule has 0 nitrogen and oxygen atoms in total. The van der Waals surface area contributed by atoms with E-state index >= 15 is 0 Å². The van der Waals surface area contributed by atoms with Crippen molar-refractivity contribution in [1.29, 1.82) is 0 Å². The van der Waals surface area contributed by atoms with Crippen molar-refractivity contribution in [2.75, 3.05) is 0 Å². The summed E-state index contributed by atoms with van der Waals surface area (Å²) >= 11 is 0. The Morgan fingerprint density at radius 3 is 0.517 bits per heavy atom. The van der Waals surface area contributed by atoms with E-state index < -0.39 is 0 Å². The number of terminal acetylenes is 2. The number of hydrogen-bond donors (Lipinski definition) is 0. The molecule has 0 aliphatic heterocycles. The zero-order valence-corrected chi connectivity index (χ0v) is 15.9. The zero-order valence-electron chi connectivity index (χ0n) is 15.9. The van der Waals surface area contributed by atoms with Gasteiger partial charge in [0, 0.05) is 47.4 Å². The van der Waals surface area contributed by atoms with Gasteiger partial charge >= 0.3 is 0 Å². The molecule has 0 saturated heterocycles. The smallest absolute Gasteiger partial charge is 0 e. The summed E-state index contributed by atoms with van der Waals surface area (Å²) in [5.74, 6) is 58.2. The minimum Gasteiger partial charge on any atom is -0.106 e. The predicted octanol–water partition coefficient (Wildman–Crippen LogP) is 1.71. The summed E-state index contributed by atoms with van der Waals surface area (Å²) in [7, 11) is 0. The topological polar surface area (TPSA) is 0 Å². The minimum absolute atomic E-state index is 1.25. The van der Waals surface area contributed by atoms with E-state index in [4.69, 9.17) is 12.8 Å². The van der Waals surface area contributed by atoms with Crippen molar-refractivity contribution in [2.24, 2.45) is 0 Å². The van der Waals surface area contributed by atoms with Gasteiger partial charge in [0.2, 0.25) is 0 Å². The van der Waals surface area contributed by atoms with Gasteiger partial charge in [-0.1, -0.05) is 20.3 Å². The lowest BCUT2D eigenvalue weighted by atomic mass is 10.4. The van der Waals surface area contributed by atoms with E-state index in [-0.39, 0.29) is 0 Å². The molecule has 0 radical (unpaired) electrons. The third kappa shape index (κ3) is 30.7. The second-order valence-electron chi connectivity index (χ2n) is 3.75. The molecule has 126 valence electrons. The van der Waals surface area contributed by atoms with Crippen LogP contribution in [0.15, 0.2) is 0 Å². The van der Waals surface area contributed by atoms with Crippen molar-refractivity contribution in [1.82, 2.24) is 0 Å². The number of hydrogen-bond acceptors (Lipinski definition) is 0. The molecule has 0 fully saturated rings. The lowest BCUT2D eigenvalue weighted by Crippen LogP contribution is -1.56. The molecule has 0 aliphatic rings. The fraction of sp³-hybridized carbons (Fsp3) is 0.103. The van der Waals surface area contributed by atoms with Gasteiger partial charge in [0.05, 0.1) is 0 Å². The Balaban J connectivity index is 0. The first-order valence-electron chi connectivity index (χ1n) is 7.74. The van der Waals surface area contributed by atoms with E-state index in [1.54, 1.807) is 0 Å². The second-order valence-corrected chi connectivity index (χ2v) is 3.75. The largest absolute Gasteiger partial charge is 0.106 e. The maximum absolute atomic E-state index is 4.91. The van der Waals surface area contributed by atoms with Crippen LogP contribution < -0.4 is 0 Å². The van der Waals surface area contributed by atoms with E-state index in [0.29, 0.717) is 0 Å². The summed E-state index contributed by atoms with van der Waals surface area (Å²) in [6.07, 6.45) is 11.1. The Morgan fingerprint density at radius 2 is 0.414 bits per heavy atom. The fourth-order valence-electron chi connectivity index (χ4n) is 0.697. The van der Waals surface area contributed by atoms with Crippen molar-refractivity contribution in [3.63, 3.8) is 0 Å². The zero-order chi connectivity index (χ0) is 21.7. The van der Waals surface area contributed by atoms with Crippen LogP contribution in [0, 0.1) is 155 Å². The Hall–Kier alpha value is -5.72. The van der Waals surface area contributed by atoms with Crippen LogP contribution in [0.5, 0.6) is 0 Å². The highest BCUT2D eigenvalue weighted by atomic mass is 13.6. The maximum atomic E-state index is 4.91. The van der Waals surface area contributed by atoms with Crippen molar-refractivity contribution >= 4 is 0 Å². The van der Waals surface area contributed by atoms with Crippen LogP contribution in [-0.4, -0.2) is 0 Å². The highest BCUT2D eigenvalue weighted by molar-refractivity contribution is 5.47. The highest BCUT2D eigenvalue weighted by Gasteiger charge is 1.59. The van der Waals surface area contributed by atoms with Gasteiger partial charge in [-0.05, 0) is 94.7 Å². The summed E-state index contributed by atoms with van der Waals surface area (Å²) in [5.41, 5.74) is 0. The van der Waals surface area contributed by atoms with Crippen LogP contribution in [-0.2, 0) is 0 Å². The van der Waals surface area contributed by atoms with Gasteiger partial charge < -0.3 is 0 Å². The summed E-state index contributed by atoms with van der Waals surface area (Å²) in [6, 6.07) is 0. The highest BCUT2D eigenvalue weighted by Crippen LogP contribution is 1.59. The predicted molar refractivity (Wildman–Crippen MR) is 119 cm³/mol. The molecule has 0 rings (SSSR count). The Bertz CT molecular complexity index is 1240. The average Bonchev–Trinajstić information content (AvgIpc) is 2.72. The fourth-order valence-corrected chi connectivity index (χ4v) is 0.697. The molecule has 0 saturated carbocycles. The van der Waals surface area contributed by atoms with E-state index in [1.165, 1.54) is 6.42 Å². The molecule has 0 aromatic carbocycles. The summed E-state index contributed by atoms with van der Waals surface area (Å²) in [4.78, 5) is 0. The first kappa shape index (κ1) is 25.5. The van der Waals surface area contributed by atoms with Crippen LogP contribution >= 0.6 is 0 Å². The molecule has 0 aromatic heterocycles.